The summed E-state index contributed by atoms with van der Waals surface area (Å²) in [6.45, 7) is 5.94. The van der Waals surface area contributed by atoms with Crippen LogP contribution in [0.5, 0.6) is 0 Å². The van der Waals surface area contributed by atoms with Crippen molar-refractivity contribution in [3.05, 3.63) is 34.3 Å². The second-order valence-corrected chi connectivity index (χ2v) is 3.65. The van der Waals surface area contributed by atoms with Gasteiger partial charge in [-0.1, -0.05) is 17.4 Å². The Balaban J connectivity index is 2.96. The lowest BCUT2D eigenvalue weighted by molar-refractivity contribution is 0.908. The Hall–Kier alpha value is -1.40. The van der Waals surface area contributed by atoms with E-state index in [4.69, 9.17) is 0 Å². The lowest BCUT2D eigenvalue weighted by Gasteiger charge is -1.90. The topological polar surface area (TPSA) is 0 Å². The highest BCUT2D eigenvalue weighted by Crippen LogP contribution is 2.25. The van der Waals surface area contributed by atoms with Crippen molar-refractivity contribution in [1.82, 2.24) is 0 Å². The SMILES string of the molecule is CC#CC1=C(C=C=C=C(C)C)CCC1. The summed E-state index contributed by atoms with van der Waals surface area (Å²) in [4.78, 5) is 0. The third-order valence-electron chi connectivity index (χ3n) is 2.10. The summed E-state index contributed by atoms with van der Waals surface area (Å²) in [6, 6.07) is 0. The molecule has 0 aromatic carbocycles. The minimum Gasteiger partial charge on any atom is -0.102 e. The van der Waals surface area contributed by atoms with E-state index in [0.717, 1.165) is 18.4 Å². The van der Waals surface area contributed by atoms with E-state index in [1.165, 1.54) is 17.6 Å². The van der Waals surface area contributed by atoms with Gasteiger partial charge >= 0.3 is 0 Å². The Morgan fingerprint density at radius 2 is 2.07 bits per heavy atom. The first-order valence-electron chi connectivity index (χ1n) is 5.03. The van der Waals surface area contributed by atoms with Crippen molar-refractivity contribution in [3.8, 4) is 11.8 Å². The smallest absolute Gasteiger partial charge is 0.00586 e. The number of rotatable bonds is 1. The molecule has 0 aromatic rings. The fourth-order valence-corrected chi connectivity index (χ4v) is 1.49. The Bertz CT molecular complexity index is 391. The van der Waals surface area contributed by atoms with Gasteiger partial charge in [-0.25, -0.2) is 0 Å². The average molecular weight is 184 g/mol. The molecule has 0 aromatic heterocycles. The van der Waals surface area contributed by atoms with Crippen LogP contribution in [-0.4, -0.2) is 0 Å². The largest absolute Gasteiger partial charge is 0.102 e. The van der Waals surface area contributed by atoms with Gasteiger partial charge in [0.05, 0.1) is 0 Å². The predicted octanol–water partition coefficient (Wildman–Crippen LogP) is 3.77. The second kappa shape index (κ2) is 5.36. The normalized spacial score (nSPS) is 13.9. The van der Waals surface area contributed by atoms with Crippen molar-refractivity contribution in [2.75, 3.05) is 0 Å². The first kappa shape index (κ1) is 10.7. The van der Waals surface area contributed by atoms with E-state index >= 15 is 0 Å². The number of hydrogen-bond acceptors (Lipinski definition) is 0. The molecule has 72 valence electrons. The van der Waals surface area contributed by atoms with Crippen molar-refractivity contribution in [2.45, 2.75) is 40.0 Å². The monoisotopic (exact) mass is 184 g/mol. The van der Waals surface area contributed by atoms with Crippen LogP contribution in [0.15, 0.2) is 34.3 Å². The van der Waals surface area contributed by atoms with Crippen LogP contribution in [-0.2, 0) is 0 Å². The minimum atomic E-state index is 1.13. The molecule has 0 amide bonds. The van der Waals surface area contributed by atoms with Crippen molar-refractivity contribution in [2.24, 2.45) is 0 Å². The molecule has 0 N–H and O–H groups in total. The lowest BCUT2D eigenvalue weighted by Crippen LogP contribution is -1.74. The zero-order chi connectivity index (χ0) is 10.4. The van der Waals surface area contributed by atoms with Crippen molar-refractivity contribution in [3.63, 3.8) is 0 Å². The standard InChI is InChI=1S/C14H16/c1-4-7-13-10-6-11-14(13)9-5-8-12(2)3/h9H,6,10-11H2,1-3H3. The molecule has 0 fully saturated rings. The molecule has 1 aliphatic rings. The molecular formula is C14H16. The Kier molecular flexibility index (Phi) is 4.09. The number of hydrogen-bond donors (Lipinski definition) is 0. The molecule has 0 aliphatic heterocycles. The van der Waals surface area contributed by atoms with E-state index in [0.29, 0.717) is 0 Å². The van der Waals surface area contributed by atoms with Crippen molar-refractivity contribution in [1.29, 1.82) is 0 Å². The molecule has 14 heavy (non-hydrogen) atoms. The summed E-state index contributed by atoms with van der Waals surface area (Å²) in [6.07, 6.45) is 5.52. The van der Waals surface area contributed by atoms with Crippen LogP contribution in [0.25, 0.3) is 0 Å². The van der Waals surface area contributed by atoms with Gasteiger partial charge in [-0.05, 0) is 57.3 Å². The maximum absolute atomic E-state index is 3.16. The quantitative estimate of drug-likeness (QED) is 0.430. The van der Waals surface area contributed by atoms with Gasteiger partial charge in [-0.3, -0.25) is 0 Å². The van der Waals surface area contributed by atoms with Gasteiger partial charge in [0.1, 0.15) is 0 Å². The molecule has 1 rings (SSSR count). The lowest BCUT2D eigenvalue weighted by atomic mass is 10.1. The Morgan fingerprint density at radius 1 is 1.29 bits per heavy atom. The van der Waals surface area contributed by atoms with Gasteiger partial charge in [0.15, 0.2) is 0 Å². The van der Waals surface area contributed by atoms with Gasteiger partial charge in [0.2, 0.25) is 0 Å². The van der Waals surface area contributed by atoms with Gasteiger partial charge in [0, 0.05) is 5.57 Å². The summed E-state index contributed by atoms with van der Waals surface area (Å²) in [5.41, 5.74) is 9.93. The third kappa shape index (κ3) is 3.15. The Morgan fingerprint density at radius 3 is 2.71 bits per heavy atom. The van der Waals surface area contributed by atoms with E-state index in [-0.39, 0.29) is 0 Å². The first-order valence-corrected chi connectivity index (χ1v) is 5.03. The molecule has 0 atom stereocenters. The van der Waals surface area contributed by atoms with E-state index in [1.807, 2.05) is 26.8 Å². The van der Waals surface area contributed by atoms with Crippen LogP contribution in [0.3, 0.4) is 0 Å². The molecule has 0 bridgehead atoms. The molecule has 1 aliphatic carbocycles. The first-order chi connectivity index (χ1) is 6.74. The van der Waals surface area contributed by atoms with Gasteiger partial charge < -0.3 is 0 Å². The van der Waals surface area contributed by atoms with Gasteiger partial charge in [-0.2, -0.15) is 0 Å². The van der Waals surface area contributed by atoms with E-state index in [9.17, 15) is 0 Å². The summed E-state index contributed by atoms with van der Waals surface area (Å²) in [5, 5.41) is 0. The van der Waals surface area contributed by atoms with E-state index in [1.54, 1.807) is 0 Å². The molecule has 0 saturated heterocycles. The predicted molar refractivity (Wildman–Crippen MR) is 60.8 cm³/mol. The zero-order valence-electron chi connectivity index (χ0n) is 9.20. The molecule has 0 nitrogen and oxygen atoms in total. The van der Waals surface area contributed by atoms with E-state index < -0.39 is 0 Å². The van der Waals surface area contributed by atoms with Crippen LogP contribution in [0.4, 0.5) is 0 Å². The van der Waals surface area contributed by atoms with Crippen LogP contribution >= 0.6 is 0 Å². The summed E-state index contributed by atoms with van der Waals surface area (Å²) in [7, 11) is 0. The molecule has 0 saturated carbocycles. The molecular weight excluding hydrogens is 168 g/mol. The summed E-state index contributed by atoms with van der Waals surface area (Å²) in [5.74, 6) is 6.11. The molecule has 0 radical (unpaired) electrons. The highest BCUT2D eigenvalue weighted by Gasteiger charge is 2.09. The maximum atomic E-state index is 3.16. The summed E-state index contributed by atoms with van der Waals surface area (Å²) >= 11 is 0. The second-order valence-electron chi connectivity index (χ2n) is 3.65. The molecule has 0 spiro atoms. The van der Waals surface area contributed by atoms with Crippen molar-refractivity contribution < 1.29 is 0 Å². The van der Waals surface area contributed by atoms with Gasteiger partial charge in [-0.15, -0.1) is 5.92 Å². The van der Waals surface area contributed by atoms with E-state index in [2.05, 4.69) is 23.3 Å². The highest BCUT2D eigenvalue weighted by molar-refractivity contribution is 5.41. The fraction of sp³-hybridized carbons (Fsp3) is 0.429. The summed E-state index contributed by atoms with van der Waals surface area (Å²) < 4.78 is 0. The van der Waals surface area contributed by atoms with Crippen molar-refractivity contribution >= 4 is 0 Å². The zero-order valence-corrected chi connectivity index (χ0v) is 9.20. The minimum absolute atomic E-state index is 1.13. The van der Waals surface area contributed by atoms with Crippen LogP contribution < -0.4 is 0 Å². The number of allylic oxidation sites excluding steroid dienone is 4. The highest BCUT2D eigenvalue weighted by atomic mass is 14.1. The van der Waals surface area contributed by atoms with Crippen LogP contribution in [0.2, 0.25) is 0 Å². The maximum Gasteiger partial charge on any atom is 0.00586 e. The van der Waals surface area contributed by atoms with Gasteiger partial charge in [0.25, 0.3) is 0 Å². The molecule has 0 unspecified atom stereocenters. The average Bonchev–Trinajstić information content (AvgIpc) is 2.53. The van der Waals surface area contributed by atoms with Crippen LogP contribution in [0.1, 0.15) is 40.0 Å². The van der Waals surface area contributed by atoms with Crippen LogP contribution in [0, 0.1) is 11.8 Å². The molecule has 0 heteroatoms. The fourth-order valence-electron chi connectivity index (χ4n) is 1.49. The third-order valence-corrected chi connectivity index (χ3v) is 2.10. The Labute approximate surface area is 86.7 Å². The molecule has 0 heterocycles.